The smallest absolute Gasteiger partial charge is 0.422 e. The SMILES string of the molecule is CN(C(=O)c1ccc(I)cc1OCC(F)(F)F)C1CC1. The van der Waals surface area contributed by atoms with E-state index in [-0.39, 0.29) is 23.3 Å². The van der Waals surface area contributed by atoms with Crippen LogP contribution in [0.1, 0.15) is 23.2 Å². The molecule has 7 heteroatoms. The summed E-state index contributed by atoms with van der Waals surface area (Å²) in [7, 11) is 1.66. The Labute approximate surface area is 128 Å². The molecule has 1 aliphatic rings. The summed E-state index contributed by atoms with van der Waals surface area (Å²) in [5.41, 5.74) is 0.170. The van der Waals surface area contributed by atoms with Gasteiger partial charge in [-0.3, -0.25) is 4.79 Å². The fraction of sp³-hybridized carbons (Fsp3) is 0.462. The average molecular weight is 399 g/mol. The Hall–Kier alpha value is -0.990. The van der Waals surface area contributed by atoms with Crippen molar-refractivity contribution in [2.75, 3.05) is 13.7 Å². The molecule has 3 nitrogen and oxygen atoms in total. The number of hydrogen-bond acceptors (Lipinski definition) is 2. The first-order chi connectivity index (χ1) is 9.28. The monoisotopic (exact) mass is 399 g/mol. The third-order valence-electron chi connectivity index (χ3n) is 2.98. The molecule has 20 heavy (non-hydrogen) atoms. The maximum absolute atomic E-state index is 12.2. The standard InChI is InChI=1S/C13H13F3INO2/c1-18(9-3-4-9)12(19)10-5-2-8(17)6-11(10)20-7-13(14,15)16/h2,5-6,9H,3-4,7H2,1H3. The average Bonchev–Trinajstić information content (AvgIpc) is 3.18. The zero-order chi connectivity index (χ0) is 14.9. The molecule has 0 aromatic heterocycles. The van der Waals surface area contributed by atoms with E-state index < -0.39 is 12.8 Å². The molecule has 2 rings (SSSR count). The molecule has 0 saturated heterocycles. The molecule has 0 atom stereocenters. The fourth-order valence-electron chi connectivity index (χ4n) is 1.77. The largest absolute Gasteiger partial charge is 0.483 e. The molecule has 0 bridgehead atoms. The highest BCUT2D eigenvalue weighted by Crippen LogP contribution is 2.30. The molecule has 0 radical (unpaired) electrons. The Kier molecular flexibility index (Phi) is 4.46. The minimum atomic E-state index is -4.43. The van der Waals surface area contributed by atoms with Crippen molar-refractivity contribution in [3.63, 3.8) is 0 Å². The summed E-state index contributed by atoms with van der Waals surface area (Å²) in [5, 5.41) is 0. The van der Waals surface area contributed by atoms with Gasteiger partial charge in [-0.15, -0.1) is 0 Å². The number of benzene rings is 1. The van der Waals surface area contributed by atoms with Crippen LogP contribution in [0, 0.1) is 3.57 Å². The Balaban J connectivity index is 2.20. The van der Waals surface area contributed by atoms with Gasteiger partial charge in [0.15, 0.2) is 6.61 Å². The topological polar surface area (TPSA) is 29.5 Å². The van der Waals surface area contributed by atoms with Crippen LogP contribution in [0.5, 0.6) is 5.75 Å². The van der Waals surface area contributed by atoms with Crippen LogP contribution in [0.4, 0.5) is 13.2 Å². The highest BCUT2D eigenvalue weighted by Gasteiger charge is 2.33. The molecule has 110 valence electrons. The molecular formula is C13H13F3INO2. The highest BCUT2D eigenvalue weighted by molar-refractivity contribution is 14.1. The number of carbonyl (C=O) groups is 1. The lowest BCUT2D eigenvalue weighted by Crippen LogP contribution is -2.29. The summed E-state index contributed by atoms with van der Waals surface area (Å²) in [5.74, 6) is -0.326. The lowest BCUT2D eigenvalue weighted by Gasteiger charge is -2.19. The van der Waals surface area contributed by atoms with Gasteiger partial charge in [-0.2, -0.15) is 13.2 Å². The molecule has 0 unspecified atom stereocenters. The van der Waals surface area contributed by atoms with Crippen LogP contribution in [0.15, 0.2) is 18.2 Å². The van der Waals surface area contributed by atoms with E-state index in [2.05, 4.69) is 0 Å². The first-order valence-corrected chi connectivity index (χ1v) is 7.12. The molecular weight excluding hydrogens is 386 g/mol. The quantitative estimate of drug-likeness (QED) is 0.726. The molecule has 0 N–H and O–H groups in total. The van der Waals surface area contributed by atoms with Crippen molar-refractivity contribution in [1.29, 1.82) is 0 Å². The van der Waals surface area contributed by atoms with Crippen molar-refractivity contribution < 1.29 is 22.7 Å². The van der Waals surface area contributed by atoms with E-state index in [9.17, 15) is 18.0 Å². The minimum absolute atomic E-state index is 0.0216. The predicted octanol–water partition coefficient (Wildman–Crippen LogP) is 3.47. The van der Waals surface area contributed by atoms with E-state index in [1.807, 2.05) is 22.6 Å². The van der Waals surface area contributed by atoms with Crippen LogP contribution in [-0.4, -0.2) is 36.7 Å². The highest BCUT2D eigenvalue weighted by atomic mass is 127. The molecule has 1 aliphatic carbocycles. The van der Waals surface area contributed by atoms with Crippen molar-refractivity contribution in [2.45, 2.75) is 25.1 Å². The third kappa shape index (κ3) is 4.00. The second-order valence-corrected chi connectivity index (χ2v) is 5.94. The van der Waals surface area contributed by atoms with Crippen LogP contribution in [0.2, 0.25) is 0 Å². The van der Waals surface area contributed by atoms with Gasteiger partial charge in [0.1, 0.15) is 5.75 Å². The fourth-order valence-corrected chi connectivity index (χ4v) is 2.23. The minimum Gasteiger partial charge on any atom is -0.483 e. The summed E-state index contributed by atoms with van der Waals surface area (Å²) >= 11 is 1.96. The van der Waals surface area contributed by atoms with Gasteiger partial charge in [0, 0.05) is 16.7 Å². The Morgan fingerprint density at radius 2 is 2.10 bits per heavy atom. The number of rotatable bonds is 4. The van der Waals surface area contributed by atoms with Gasteiger partial charge in [-0.1, -0.05) is 0 Å². The van der Waals surface area contributed by atoms with Gasteiger partial charge in [-0.05, 0) is 53.6 Å². The lowest BCUT2D eigenvalue weighted by atomic mass is 10.1. The Bertz CT molecular complexity index is 515. The molecule has 1 aromatic carbocycles. The molecule has 1 fully saturated rings. The molecule has 0 spiro atoms. The van der Waals surface area contributed by atoms with Gasteiger partial charge in [0.25, 0.3) is 5.91 Å². The first-order valence-electron chi connectivity index (χ1n) is 6.04. The maximum atomic E-state index is 12.2. The van der Waals surface area contributed by atoms with Gasteiger partial charge in [-0.25, -0.2) is 0 Å². The summed E-state index contributed by atoms with van der Waals surface area (Å²) in [6.45, 7) is -1.40. The van der Waals surface area contributed by atoms with Gasteiger partial charge >= 0.3 is 6.18 Å². The van der Waals surface area contributed by atoms with Crippen LogP contribution >= 0.6 is 22.6 Å². The number of amides is 1. The van der Waals surface area contributed by atoms with Crippen molar-refractivity contribution in [3.05, 3.63) is 27.3 Å². The van der Waals surface area contributed by atoms with Crippen LogP contribution in [0.3, 0.4) is 0 Å². The third-order valence-corrected chi connectivity index (χ3v) is 3.65. The van der Waals surface area contributed by atoms with Crippen molar-refractivity contribution in [2.24, 2.45) is 0 Å². The van der Waals surface area contributed by atoms with E-state index in [0.717, 1.165) is 12.8 Å². The Morgan fingerprint density at radius 1 is 1.45 bits per heavy atom. The number of nitrogens with zero attached hydrogens (tertiary/aromatic N) is 1. The summed E-state index contributed by atoms with van der Waals surface area (Å²) in [6.07, 6.45) is -2.55. The van der Waals surface area contributed by atoms with Gasteiger partial charge in [0.05, 0.1) is 5.56 Å². The van der Waals surface area contributed by atoms with Crippen molar-refractivity contribution in [1.82, 2.24) is 4.90 Å². The Morgan fingerprint density at radius 3 is 2.65 bits per heavy atom. The molecule has 0 heterocycles. The van der Waals surface area contributed by atoms with Crippen molar-refractivity contribution in [3.8, 4) is 5.75 Å². The summed E-state index contributed by atoms with van der Waals surface area (Å²) in [6, 6.07) is 4.82. The molecule has 1 saturated carbocycles. The molecule has 0 aliphatic heterocycles. The van der Waals surface area contributed by atoms with E-state index in [1.54, 1.807) is 18.0 Å². The number of alkyl halides is 3. The second kappa shape index (κ2) is 5.79. The molecule has 1 amide bonds. The maximum Gasteiger partial charge on any atom is 0.422 e. The first kappa shape index (κ1) is 15.4. The zero-order valence-corrected chi connectivity index (χ0v) is 12.9. The number of carbonyl (C=O) groups excluding carboxylic acids is 1. The lowest BCUT2D eigenvalue weighted by molar-refractivity contribution is -0.153. The summed E-state index contributed by atoms with van der Waals surface area (Å²) in [4.78, 5) is 13.8. The van der Waals surface area contributed by atoms with Crippen LogP contribution in [-0.2, 0) is 0 Å². The summed E-state index contributed by atoms with van der Waals surface area (Å²) < 4.78 is 42.2. The number of halogens is 4. The predicted molar refractivity (Wildman–Crippen MR) is 75.8 cm³/mol. The van der Waals surface area contributed by atoms with Crippen molar-refractivity contribution >= 4 is 28.5 Å². The van der Waals surface area contributed by atoms with Crippen LogP contribution < -0.4 is 4.74 Å². The molecule has 1 aromatic rings. The second-order valence-electron chi connectivity index (χ2n) is 4.69. The van der Waals surface area contributed by atoms with E-state index in [4.69, 9.17) is 4.74 Å². The van der Waals surface area contributed by atoms with Crippen LogP contribution in [0.25, 0.3) is 0 Å². The van der Waals surface area contributed by atoms with E-state index >= 15 is 0 Å². The zero-order valence-electron chi connectivity index (χ0n) is 10.7. The van der Waals surface area contributed by atoms with Gasteiger partial charge < -0.3 is 9.64 Å². The number of ether oxygens (including phenoxy) is 1. The van der Waals surface area contributed by atoms with E-state index in [1.165, 1.54) is 12.1 Å². The number of hydrogen-bond donors (Lipinski definition) is 0. The normalized spacial score (nSPS) is 15.1. The van der Waals surface area contributed by atoms with E-state index in [0.29, 0.717) is 3.57 Å². The van der Waals surface area contributed by atoms with Gasteiger partial charge in [0.2, 0.25) is 0 Å².